The number of carboxylic acids is 1. The van der Waals surface area contributed by atoms with Gasteiger partial charge in [-0.3, -0.25) is 0 Å². The molecule has 3 aromatic carbocycles. The van der Waals surface area contributed by atoms with Crippen LogP contribution in [0.5, 0.6) is 11.5 Å². The highest BCUT2D eigenvalue weighted by molar-refractivity contribution is 8.08. The van der Waals surface area contributed by atoms with E-state index in [4.69, 9.17) is 4.74 Å². The van der Waals surface area contributed by atoms with Crippen molar-refractivity contribution in [1.82, 2.24) is 3.71 Å². The van der Waals surface area contributed by atoms with Crippen LogP contribution in [0.1, 0.15) is 22.8 Å². The van der Waals surface area contributed by atoms with Gasteiger partial charge in [-0.2, -0.15) is 0 Å². The predicted octanol–water partition coefficient (Wildman–Crippen LogP) is 5.20. The summed E-state index contributed by atoms with van der Waals surface area (Å²) in [4.78, 5) is 12.0. The summed E-state index contributed by atoms with van der Waals surface area (Å²) >= 11 is 1.07. The van der Waals surface area contributed by atoms with E-state index in [2.05, 4.69) is 0 Å². The van der Waals surface area contributed by atoms with Gasteiger partial charge in [0.25, 0.3) is 10.0 Å². The first-order valence-corrected chi connectivity index (χ1v) is 11.4. The van der Waals surface area contributed by atoms with Gasteiger partial charge in [0.05, 0.1) is 10.5 Å². The third-order valence-corrected chi connectivity index (χ3v) is 7.67. The number of hydrogen-bond acceptors (Lipinski definition) is 5. The molecule has 6 nitrogen and oxygen atoms in total. The number of aryl methyl sites for hydroxylation is 1. The highest BCUT2D eigenvalue weighted by Crippen LogP contribution is 2.31. The molecule has 3 aromatic rings. The van der Waals surface area contributed by atoms with Crippen LogP contribution < -0.4 is 4.74 Å². The van der Waals surface area contributed by atoms with Gasteiger partial charge in [-0.15, -0.1) is 3.71 Å². The van der Waals surface area contributed by atoms with Crippen LogP contribution in [-0.4, -0.2) is 29.7 Å². The van der Waals surface area contributed by atoms with Crippen molar-refractivity contribution in [1.29, 1.82) is 0 Å². The molecule has 0 spiro atoms. The lowest BCUT2D eigenvalue weighted by molar-refractivity contribution is 0.0696. The lowest BCUT2D eigenvalue weighted by Crippen LogP contribution is -2.24. The first kappa shape index (κ1) is 21.9. The molecule has 0 heterocycles. The van der Waals surface area contributed by atoms with Gasteiger partial charge in [-0.25, -0.2) is 13.2 Å². The molecule has 156 valence electrons. The molecular weight excluding hydrogens is 422 g/mol. The minimum atomic E-state index is -3.88. The summed E-state index contributed by atoms with van der Waals surface area (Å²) in [6.45, 7) is 3.57. The van der Waals surface area contributed by atoms with Crippen LogP contribution in [-0.2, 0) is 10.0 Å². The van der Waals surface area contributed by atoms with Gasteiger partial charge in [0.2, 0.25) is 0 Å². The summed E-state index contributed by atoms with van der Waals surface area (Å²) in [5.41, 5.74) is 0.477. The first-order chi connectivity index (χ1) is 14.3. The van der Waals surface area contributed by atoms with Gasteiger partial charge < -0.3 is 9.84 Å². The summed E-state index contributed by atoms with van der Waals surface area (Å²) in [5.74, 6) is 0.194. The standard InChI is InChI=1S/C22H21NO5S2/c1-3-23(30(26,27)20-14-9-16(2)21(15-20)22(24)25)29-19-12-10-18(11-13-19)28-17-7-5-4-6-8-17/h4-15H,3H2,1-2H3,(H,24,25). The molecule has 0 aliphatic rings. The zero-order chi connectivity index (χ0) is 21.7. The Balaban J connectivity index is 1.79. The molecule has 1 N–H and O–H groups in total. The van der Waals surface area contributed by atoms with Crippen molar-refractivity contribution in [2.75, 3.05) is 6.54 Å². The Bertz CT molecular complexity index is 1130. The number of rotatable bonds is 8. The second kappa shape index (κ2) is 9.34. The maximum Gasteiger partial charge on any atom is 0.335 e. The van der Waals surface area contributed by atoms with E-state index in [1.165, 1.54) is 21.9 Å². The summed E-state index contributed by atoms with van der Waals surface area (Å²) in [7, 11) is -3.88. The van der Waals surface area contributed by atoms with Crippen LogP contribution in [0.15, 0.2) is 82.6 Å². The van der Waals surface area contributed by atoms with Gasteiger partial charge in [0, 0.05) is 11.4 Å². The number of para-hydroxylation sites is 1. The van der Waals surface area contributed by atoms with Crippen molar-refractivity contribution in [2.45, 2.75) is 23.6 Å². The summed E-state index contributed by atoms with van der Waals surface area (Å²) < 4.78 is 33.1. The second-order valence-corrected chi connectivity index (χ2v) is 9.57. The Morgan fingerprint density at radius 2 is 1.63 bits per heavy atom. The fourth-order valence-corrected chi connectivity index (χ4v) is 5.32. The molecule has 0 atom stereocenters. The van der Waals surface area contributed by atoms with Crippen LogP contribution in [0.4, 0.5) is 0 Å². The molecule has 0 saturated carbocycles. The topological polar surface area (TPSA) is 83.9 Å². The van der Waals surface area contributed by atoms with E-state index < -0.39 is 16.0 Å². The molecule has 0 aliphatic heterocycles. The fourth-order valence-electron chi connectivity index (χ4n) is 2.70. The largest absolute Gasteiger partial charge is 0.478 e. The molecule has 0 fully saturated rings. The minimum absolute atomic E-state index is 0.0282. The maximum absolute atomic E-state index is 13.0. The van der Waals surface area contributed by atoms with Crippen molar-refractivity contribution < 1.29 is 23.1 Å². The quantitative estimate of drug-likeness (QED) is 0.482. The van der Waals surface area contributed by atoms with Gasteiger partial charge in [0.15, 0.2) is 0 Å². The van der Waals surface area contributed by atoms with Gasteiger partial charge >= 0.3 is 5.97 Å². The van der Waals surface area contributed by atoms with Crippen molar-refractivity contribution in [2.24, 2.45) is 0 Å². The maximum atomic E-state index is 13.0. The van der Waals surface area contributed by atoms with Crippen molar-refractivity contribution in [3.63, 3.8) is 0 Å². The van der Waals surface area contributed by atoms with Crippen LogP contribution in [0.3, 0.4) is 0 Å². The molecule has 30 heavy (non-hydrogen) atoms. The summed E-state index contributed by atoms with van der Waals surface area (Å²) in [6, 6.07) is 20.6. The minimum Gasteiger partial charge on any atom is -0.478 e. The van der Waals surface area contributed by atoms with Gasteiger partial charge in [-0.05, 0) is 73.0 Å². The number of aromatic carboxylic acids is 1. The number of carboxylic acid groups (broad SMARTS) is 1. The lowest BCUT2D eigenvalue weighted by atomic mass is 10.1. The molecule has 0 amide bonds. The second-order valence-electron chi connectivity index (χ2n) is 6.38. The number of carbonyl (C=O) groups is 1. The zero-order valence-electron chi connectivity index (χ0n) is 16.5. The van der Waals surface area contributed by atoms with E-state index in [1.54, 1.807) is 38.1 Å². The SMILES string of the molecule is CCN(Sc1ccc(Oc2ccccc2)cc1)S(=O)(=O)c1ccc(C)c(C(=O)O)c1. The summed E-state index contributed by atoms with van der Waals surface area (Å²) in [5, 5.41) is 9.29. The molecule has 0 bridgehead atoms. The van der Waals surface area contributed by atoms with Gasteiger partial charge in [0.1, 0.15) is 11.5 Å². The van der Waals surface area contributed by atoms with E-state index >= 15 is 0 Å². The highest BCUT2D eigenvalue weighted by Gasteiger charge is 2.26. The monoisotopic (exact) mass is 443 g/mol. The molecule has 0 unspecified atom stereocenters. The average Bonchev–Trinajstić information content (AvgIpc) is 2.73. The molecular formula is C22H21NO5S2. The molecule has 3 rings (SSSR count). The Kier molecular flexibility index (Phi) is 6.81. The zero-order valence-corrected chi connectivity index (χ0v) is 18.1. The fraction of sp³-hybridized carbons (Fsp3) is 0.136. The normalized spacial score (nSPS) is 11.4. The first-order valence-electron chi connectivity index (χ1n) is 9.19. The Morgan fingerprint density at radius 1 is 1.00 bits per heavy atom. The number of ether oxygens (including phenoxy) is 1. The van der Waals surface area contributed by atoms with E-state index in [0.29, 0.717) is 22.0 Å². The molecule has 0 radical (unpaired) electrons. The Hall–Kier alpha value is -2.81. The van der Waals surface area contributed by atoms with Crippen molar-refractivity contribution >= 4 is 27.9 Å². The van der Waals surface area contributed by atoms with Crippen LogP contribution >= 0.6 is 11.9 Å². The van der Waals surface area contributed by atoms with E-state index in [0.717, 1.165) is 11.9 Å². The van der Waals surface area contributed by atoms with Crippen LogP contribution in [0.25, 0.3) is 0 Å². The number of nitrogens with zero attached hydrogens (tertiary/aromatic N) is 1. The Labute approximate surface area is 180 Å². The van der Waals surface area contributed by atoms with E-state index in [-0.39, 0.29) is 17.0 Å². The van der Waals surface area contributed by atoms with E-state index in [9.17, 15) is 18.3 Å². The lowest BCUT2D eigenvalue weighted by Gasteiger charge is -2.20. The third-order valence-electron chi connectivity index (χ3n) is 4.27. The number of benzene rings is 3. The van der Waals surface area contributed by atoms with Gasteiger partial charge in [-0.1, -0.05) is 31.2 Å². The third kappa shape index (κ3) is 5.02. The molecule has 0 aliphatic carbocycles. The molecule has 0 saturated heterocycles. The van der Waals surface area contributed by atoms with E-state index in [1.807, 2.05) is 30.3 Å². The number of hydrogen-bond donors (Lipinski definition) is 1. The smallest absolute Gasteiger partial charge is 0.335 e. The predicted molar refractivity (Wildman–Crippen MR) is 117 cm³/mol. The number of sulfonamides is 1. The van der Waals surface area contributed by atoms with Crippen LogP contribution in [0.2, 0.25) is 0 Å². The van der Waals surface area contributed by atoms with Crippen molar-refractivity contribution in [3.05, 3.63) is 83.9 Å². The average molecular weight is 444 g/mol. The Morgan fingerprint density at radius 3 is 2.23 bits per heavy atom. The van der Waals surface area contributed by atoms with Crippen LogP contribution in [0, 0.1) is 6.92 Å². The van der Waals surface area contributed by atoms with Crippen molar-refractivity contribution in [3.8, 4) is 11.5 Å². The molecule has 8 heteroatoms. The highest BCUT2D eigenvalue weighted by atomic mass is 32.3. The summed E-state index contributed by atoms with van der Waals surface area (Å²) in [6.07, 6.45) is 0. The molecule has 0 aromatic heterocycles.